The predicted octanol–water partition coefficient (Wildman–Crippen LogP) is 4.27. The molecule has 0 bridgehead atoms. The van der Waals surface area contributed by atoms with Crippen molar-refractivity contribution in [3.05, 3.63) is 89.9 Å². The molecule has 0 aliphatic carbocycles. The van der Waals surface area contributed by atoms with Crippen molar-refractivity contribution in [3.8, 4) is 5.75 Å². The maximum absolute atomic E-state index is 12.6. The van der Waals surface area contributed by atoms with Crippen LogP contribution in [-0.2, 0) is 16.6 Å². The molecular formula is C24H21N5O3S. The van der Waals surface area contributed by atoms with Crippen LogP contribution in [0.15, 0.2) is 77.7 Å². The van der Waals surface area contributed by atoms with Gasteiger partial charge in [0.1, 0.15) is 12.4 Å². The Bertz CT molecular complexity index is 1560. The lowest BCUT2D eigenvalue weighted by molar-refractivity contribution is 0.292. The number of benzene rings is 3. The van der Waals surface area contributed by atoms with Crippen molar-refractivity contribution >= 4 is 32.1 Å². The molecule has 0 atom stereocenters. The van der Waals surface area contributed by atoms with E-state index in [0.29, 0.717) is 22.9 Å². The summed E-state index contributed by atoms with van der Waals surface area (Å²) in [5.74, 6) is 1.14. The van der Waals surface area contributed by atoms with Crippen LogP contribution in [0.2, 0.25) is 0 Å². The van der Waals surface area contributed by atoms with Gasteiger partial charge in [-0.1, -0.05) is 42.0 Å². The average Bonchev–Trinajstić information content (AvgIpc) is 3.22. The van der Waals surface area contributed by atoms with E-state index in [1.807, 2.05) is 38.1 Å². The lowest BCUT2D eigenvalue weighted by atomic mass is 10.1. The number of aryl methyl sites for hydroxylation is 2. The summed E-state index contributed by atoms with van der Waals surface area (Å²) in [6.07, 6.45) is 0. The molecule has 0 unspecified atom stereocenters. The molecule has 2 heterocycles. The van der Waals surface area contributed by atoms with Gasteiger partial charge in [0.2, 0.25) is 0 Å². The summed E-state index contributed by atoms with van der Waals surface area (Å²) in [4.78, 5) is 0.211. The molecule has 0 aliphatic heterocycles. The highest BCUT2D eigenvalue weighted by molar-refractivity contribution is 7.92. The molecular weight excluding hydrogens is 438 g/mol. The number of hydrogen-bond acceptors (Lipinski definition) is 6. The van der Waals surface area contributed by atoms with E-state index in [0.717, 1.165) is 22.0 Å². The maximum atomic E-state index is 12.6. The Labute approximate surface area is 190 Å². The Morgan fingerprint density at radius 1 is 0.879 bits per heavy atom. The number of hydrogen-bond donors (Lipinski definition) is 1. The van der Waals surface area contributed by atoms with Crippen LogP contribution < -0.4 is 9.46 Å². The van der Waals surface area contributed by atoms with Crippen molar-refractivity contribution < 1.29 is 13.2 Å². The molecule has 2 aromatic heterocycles. The largest absolute Gasteiger partial charge is 0.486 e. The quantitative estimate of drug-likeness (QED) is 0.407. The van der Waals surface area contributed by atoms with E-state index in [1.54, 1.807) is 53.0 Å². The Balaban J connectivity index is 1.31. The number of anilines is 1. The van der Waals surface area contributed by atoms with Crippen LogP contribution in [0.4, 0.5) is 5.69 Å². The zero-order chi connectivity index (χ0) is 23.0. The van der Waals surface area contributed by atoms with Crippen molar-refractivity contribution in [2.75, 3.05) is 4.72 Å². The van der Waals surface area contributed by atoms with Gasteiger partial charge in [0.15, 0.2) is 11.5 Å². The number of nitrogens with one attached hydrogen (secondary N) is 1. The number of ether oxygens (including phenoxy) is 1. The minimum absolute atomic E-state index is 0.167. The molecule has 0 saturated carbocycles. The smallest absolute Gasteiger partial charge is 0.261 e. The van der Waals surface area contributed by atoms with E-state index in [2.05, 4.69) is 20.0 Å². The molecule has 0 amide bonds. The highest BCUT2D eigenvalue weighted by atomic mass is 32.2. The van der Waals surface area contributed by atoms with Crippen LogP contribution >= 0.6 is 0 Å². The Morgan fingerprint density at radius 2 is 1.58 bits per heavy atom. The fourth-order valence-corrected chi connectivity index (χ4v) is 4.63. The summed E-state index contributed by atoms with van der Waals surface area (Å²) < 4.78 is 35.2. The van der Waals surface area contributed by atoms with E-state index in [4.69, 9.17) is 4.74 Å². The van der Waals surface area contributed by atoms with Gasteiger partial charge in [0.25, 0.3) is 10.0 Å². The monoisotopic (exact) mass is 459 g/mol. The third-order valence-corrected chi connectivity index (χ3v) is 6.72. The second kappa shape index (κ2) is 8.18. The summed E-state index contributed by atoms with van der Waals surface area (Å²) in [6.45, 7) is 4.02. The molecule has 3 aromatic carbocycles. The molecule has 166 valence electrons. The van der Waals surface area contributed by atoms with Gasteiger partial charge in [-0.2, -0.15) is 9.61 Å². The summed E-state index contributed by atoms with van der Waals surface area (Å²) in [5, 5.41) is 15.1. The van der Waals surface area contributed by atoms with Crippen molar-refractivity contribution in [1.82, 2.24) is 19.8 Å². The number of rotatable bonds is 6. The molecule has 0 fully saturated rings. The number of fused-ring (bicyclic) bond motifs is 3. The molecule has 0 spiro atoms. The van der Waals surface area contributed by atoms with Crippen LogP contribution in [0.3, 0.4) is 0 Å². The predicted molar refractivity (Wildman–Crippen MR) is 126 cm³/mol. The van der Waals surface area contributed by atoms with Gasteiger partial charge >= 0.3 is 0 Å². The fourth-order valence-electron chi connectivity index (χ4n) is 3.57. The summed E-state index contributed by atoms with van der Waals surface area (Å²) >= 11 is 0. The van der Waals surface area contributed by atoms with Gasteiger partial charge < -0.3 is 4.74 Å². The molecule has 0 radical (unpaired) electrons. The summed E-state index contributed by atoms with van der Waals surface area (Å²) in [7, 11) is -3.66. The Morgan fingerprint density at radius 3 is 2.30 bits per heavy atom. The zero-order valence-corrected chi connectivity index (χ0v) is 18.9. The van der Waals surface area contributed by atoms with Crippen molar-refractivity contribution in [1.29, 1.82) is 0 Å². The van der Waals surface area contributed by atoms with E-state index in [-0.39, 0.29) is 11.5 Å². The molecule has 8 nitrogen and oxygen atoms in total. The number of nitrogens with zero attached hydrogens (tertiary/aromatic N) is 4. The van der Waals surface area contributed by atoms with Crippen molar-refractivity contribution in [2.45, 2.75) is 25.3 Å². The second-order valence-electron chi connectivity index (χ2n) is 7.71. The van der Waals surface area contributed by atoms with Crippen molar-refractivity contribution in [2.24, 2.45) is 0 Å². The lowest BCUT2D eigenvalue weighted by Gasteiger charge is -2.10. The van der Waals surface area contributed by atoms with Crippen LogP contribution in [0, 0.1) is 13.8 Å². The first-order valence-electron chi connectivity index (χ1n) is 10.3. The summed E-state index contributed by atoms with van der Waals surface area (Å²) in [6, 6.07) is 21.3. The highest BCUT2D eigenvalue weighted by Crippen LogP contribution is 2.23. The minimum atomic E-state index is -3.66. The highest BCUT2D eigenvalue weighted by Gasteiger charge is 2.15. The SMILES string of the molecule is Cc1ccc(S(=O)(=O)Nc2ccc(OCc3nnc4c5ccccc5c(C)nn34)cc2)cc1. The third kappa shape index (κ3) is 4.10. The fraction of sp³-hybridized carbons (Fsp3) is 0.125. The third-order valence-electron chi connectivity index (χ3n) is 5.32. The summed E-state index contributed by atoms with van der Waals surface area (Å²) in [5.41, 5.74) is 2.99. The van der Waals surface area contributed by atoms with E-state index in [9.17, 15) is 8.42 Å². The minimum Gasteiger partial charge on any atom is -0.486 e. The normalized spacial score (nSPS) is 11.7. The van der Waals surface area contributed by atoms with Gasteiger partial charge in [-0.25, -0.2) is 8.42 Å². The standard InChI is InChI=1S/C24H21N5O3S/c1-16-7-13-20(14-8-16)33(30,31)28-18-9-11-19(12-10-18)32-15-23-25-26-24-22-6-4-3-5-21(22)17(2)27-29(23)24/h3-14,28H,15H2,1-2H3. The van der Waals surface area contributed by atoms with Crippen LogP contribution in [0.1, 0.15) is 17.1 Å². The molecule has 0 aliphatic rings. The van der Waals surface area contributed by atoms with Gasteiger partial charge in [-0.3, -0.25) is 4.72 Å². The topological polar surface area (TPSA) is 98.5 Å². The van der Waals surface area contributed by atoms with Crippen LogP contribution in [0.5, 0.6) is 5.75 Å². The zero-order valence-electron chi connectivity index (χ0n) is 18.1. The first kappa shape index (κ1) is 20.9. The lowest BCUT2D eigenvalue weighted by Crippen LogP contribution is -2.12. The molecule has 33 heavy (non-hydrogen) atoms. The maximum Gasteiger partial charge on any atom is 0.261 e. The van der Waals surface area contributed by atoms with Gasteiger partial charge in [-0.05, 0) is 50.2 Å². The van der Waals surface area contributed by atoms with E-state index in [1.165, 1.54) is 0 Å². The van der Waals surface area contributed by atoms with Gasteiger partial charge in [-0.15, -0.1) is 10.2 Å². The first-order chi connectivity index (χ1) is 15.9. The van der Waals surface area contributed by atoms with Crippen molar-refractivity contribution in [3.63, 3.8) is 0 Å². The number of sulfonamides is 1. The molecule has 0 saturated heterocycles. The van der Waals surface area contributed by atoms with Gasteiger partial charge in [0, 0.05) is 16.5 Å². The Kier molecular flexibility index (Phi) is 5.18. The van der Waals surface area contributed by atoms with Crippen LogP contribution in [-0.4, -0.2) is 28.2 Å². The molecule has 5 aromatic rings. The average molecular weight is 460 g/mol. The van der Waals surface area contributed by atoms with E-state index >= 15 is 0 Å². The molecule has 9 heteroatoms. The Hall–Kier alpha value is -3.98. The van der Waals surface area contributed by atoms with E-state index < -0.39 is 10.0 Å². The van der Waals surface area contributed by atoms with Crippen LogP contribution in [0.25, 0.3) is 16.4 Å². The second-order valence-corrected chi connectivity index (χ2v) is 9.40. The first-order valence-corrected chi connectivity index (χ1v) is 11.8. The molecule has 5 rings (SSSR count). The molecule has 1 N–H and O–H groups in total. The number of aromatic nitrogens is 4. The van der Waals surface area contributed by atoms with Gasteiger partial charge in [0.05, 0.1) is 10.6 Å².